The van der Waals surface area contributed by atoms with Gasteiger partial charge in [0.1, 0.15) is 29.2 Å². The molecule has 0 fully saturated rings. The molecule has 1 atom stereocenters. The Morgan fingerprint density at radius 3 is 2.65 bits per heavy atom. The standard InChI is InChI=1S/C18H18N4O3S/c1-23-13-8-9-14(15(10-13)24-2)17-21-22-16(19-20-18(22)26-17)11-25-12-6-4-3-5-7-12/h3-10,17,21H,11H2,1-2H3. The molecule has 0 bridgehead atoms. The Balaban J connectivity index is 1.50. The molecule has 1 aromatic heterocycles. The maximum atomic E-state index is 5.78. The monoisotopic (exact) mass is 370 g/mol. The molecule has 1 aliphatic rings. The molecule has 26 heavy (non-hydrogen) atoms. The van der Waals surface area contributed by atoms with Gasteiger partial charge in [-0.3, -0.25) is 0 Å². The van der Waals surface area contributed by atoms with Crippen LogP contribution in [0, 0.1) is 0 Å². The van der Waals surface area contributed by atoms with Crippen molar-refractivity contribution in [1.29, 1.82) is 0 Å². The van der Waals surface area contributed by atoms with Crippen LogP contribution >= 0.6 is 11.8 Å². The SMILES string of the molecule is COc1ccc(C2Nn3c(COc4ccccc4)nnc3S2)c(OC)c1. The van der Waals surface area contributed by atoms with E-state index in [1.807, 2.05) is 53.2 Å². The van der Waals surface area contributed by atoms with Crippen molar-refractivity contribution < 1.29 is 14.2 Å². The summed E-state index contributed by atoms with van der Waals surface area (Å²) in [4.78, 5) is 0. The zero-order chi connectivity index (χ0) is 17.9. The first-order chi connectivity index (χ1) is 12.8. The first-order valence-corrected chi connectivity index (χ1v) is 8.93. The van der Waals surface area contributed by atoms with E-state index < -0.39 is 0 Å². The van der Waals surface area contributed by atoms with Crippen LogP contribution in [0.4, 0.5) is 0 Å². The Morgan fingerprint density at radius 1 is 1.04 bits per heavy atom. The molecule has 0 aliphatic carbocycles. The molecule has 0 saturated heterocycles. The number of methoxy groups -OCH3 is 2. The van der Waals surface area contributed by atoms with Gasteiger partial charge in [-0.1, -0.05) is 30.0 Å². The molecule has 1 N–H and O–H groups in total. The zero-order valence-corrected chi connectivity index (χ0v) is 15.2. The Labute approximate surface area is 155 Å². The highest BCUT2D eigenvalue weighted by molar-refractivity contribution is 7.99. The molecule has 3 aromatic rings. The third-order valence-electron chi connectivity index (χ3n) is 4.00. The zero-order valence-electron chi connectivity index (χ0n) is 14.4. The van der Waals surface area contributed by atoms with E-state index in [0.29, 0.717) is 12.4 Å². The van der Waals surface area contributed by atoms with Crippen LogP contribution in [0.5, 0.6) is 17.2 Å². The Hall–Kier alpha value is -2.87. The highest BCUT2D eigenvalue weighted by Gasteiger charge is 2.29. The van der Waals surface area contributed by atoms with Gasteiger partial charge in [0.2, 0.25) is 5.16 Å². The molecule has 0 amide bonds. The number of para-hydroxylation sites is 1. The number of thioether (sulfide) groups is 1. The molecule has 134 valence electrons. The highest BCUT2D eigenvalue weighted by Crippen LogP contribution is 2.42. The van der Waals surface area contributed by atoms with Gasteiger partial charge in [-0.05, 0) is 24.3 Å². The van der Waals surface area contributed by atoms with E-state index in [4.69, 9.17) is 14.2 Å². The summed E-state index contributed by atoms with van der Waals surface area (Å²) in [5, 5.41) is 9.21. The summed E-state index contributed by atoms with van der Waals surface area (Å²) in [6.07, 6.45) is 0. The summed E-state index contributed by atoms with van der Waals surface area (Å²) < 4.78 is 18.4. The predicted octanol–water partition coefficient (Wildman–Crippen LogP) is 3.22. The summed E-state index contributed by atoms with van der Waals surface area (Å²) >= 11 is 1.58. The van der Waals surface area contributed by atoms with Gasteiger partial charge >= 0.3 is 0 Å². The van der Waals surface area contributed by atoms with Crippen LogP contribution in [0.2, 0.25) is 0 Å². The van der Waals surface area contributed by atoms with Crippen molar-refractivity contribution in [2.24, 2.45) is 0 Å². The van der Waals surface area contributed by atoms with Crippen LogP contribution < -0.4 is 19.6 Å². The molecular weight excluding hydrogens is 352 g/mol. The van der Waals surface area contributed by atoms with Crippen LogP contribution in [0.25, 0.3) is 0 Å². The molecular formula is C18H18N4O3S. The molecule has 1 unspecified atom stereocenters. The Kier molecular flexibility index (Phi) is 4.57. The van der Waals surface area contributed by atoms with E-state index >= 15 is 0 Å². The second kappa shape index (κ2) is 7.17. The molecule has 4 rings (SSSR count). The van der Waals surface area contributed by atoms with Crippen LogP contribution in [0.3, 0.4) is 0 Å². The molecule has 1 aliphatic heterocycles. The minimum absolute atomic E-state index is 0.0307. The minimum atomic E-state index is -0.0307. The lowest BCUT2D eigenvalue weighted by Crippen LogP contribution is -2.17. The van der Waals surface area contributed by atoms with E-state index in [-0.39, 0.29) is 5.37 Å². The van der Waals surface area contributed by atoms with Crippen molar-refractivity contribution in [2.45, 2.75) is 17.1 Å². The number of ether oxygens (including phenoxy) is 3. The summed E-state index contributed by atoms with van der Waals surface area (Å²) in [5.41, 5.74) is 4.41. The van der Waals surface area contributed by atoms with Crippen LogP contribution in [0.1, 0.15) is 16.8 Å². The van der Waals surface area contributed by atoms with E-state index in [1.165, 1.54) is 0 Å². The number of hydrogen-bond donors (Lipinski definition) is 1. The molecule has 7 nitrogen and oxygen atoms in total. The molecule has 2 heterocycles. The van der Waals surface area contributed by atoms with Gasteiger partial charge in [-0.15, -0.1) is 10.2 Å². The largest absolute Gasteiger partial charge is 0.497 e. The van der Waals surface area contributed by atoms with Gasteiger partial charge < -0.3 is 19.6 Å². The van der Waals surface area contributed by atoms with Crippen LogP contribution in [-0.2, 0) is 6.61 Å². The summed E-state index contributed by atoms with van der Waals surface area (Å²) in [7, 11) is 3.29. The smallest absolute Gasteiger partial charge is 0.212 e. The Bertz CT molecular complexity index is 901. The van der Waals surface area contributed by atoms with E-state index in [1.54, 1.807) is 26.0 Å². The number of nitrogens with zero attached hydrogens (tertiary/aromatic N) is 3. The van der Waals surface area contributed by atoms with Crippen molar-refractivity contribution in [1.82, 2.24) is 14.9 Å². The molecule has 2 aromatic carbocycles. The summed E-state index contributed by atoms with van der Waals surface area (Å²) in [6.45, 7) is 0.330. The average Bonchev–Trinajstić information content (AvgIpc) is 3.27. The lowest BCUT2D eigenvalue weighted by molar-refractivity contribution is 0.291. The lowest BCUT2D eigenvalue weighted by Gasteiger charge is -2.16. The molecule has 0 saturated carbocycles. The lowest BCUT2D eigenvalue weighted by atomic mass is 10.2. The average molecular weight is 370 g/mol. The van der Waals surface area contributed by atoms with Gasteiger partial charge in [0, 0.05) is 11.6 Å². The number of hydrogen-bond acceptors (Lipinski definition) is 7. The predicted molar refractivity (Wildman–Crippen MR) is 98.3 cm³/mol. The third kappa shape index (κ3) is 3.15. The minimum Gasteiger partial charge on any atom is -0.497 e. The fourth-order valence-electron chi connectivity index (χ4n) is 2.68. The normalized spacial score (nSPS) is 15.2. The highest BCUT2D eigenvalue weighted by atomic mass is 32.2. The number of aromatic nitrogens is 3. The Morgan fingerprint density at radius 2 is 1.88 bits per heavy atom. The van der Waals surface area contributed by atoms with E-state index in [0.717, 1.165) is 28.0 Å². The first kappa shape index (κ1) is 16.6. The van der Waals surface area contributed by atoms with Crippen LogP contribution in [-0.4, -0.2) is 29.1 Å². The molecule has 0 spiro atoms. The fourth-order valence-corrected chi connectivity index (χ4v) is 3.72. The van der Waals surface area contributed by atoms with Gasteiger partial charge in [-0.2, -0.15) is 0 Å². The number of fused-ring (bicyclic) bond motifs is 1. The molecule has 8 heteroatoms. The topological polar surface area (TPSA) is 70.4 Å². The van der Waals surface area contributed by atoms with E-state index in [2.05, 4.69) is 15.6 Å². The summed E-state index contributed by atoms with van der Waals surface area (Å²) in [6, 6.07) is 15.4. The van der Waals surface area contributed by atoms with Crippen molar-refractivity contribution in [3.05, 3.63) is 59.9 Å². The quantitative estimate of drug-likeness (QED) is 0.714. The van der Waals surface area contributed by atoms with Crippen LogP contribution in [0.15, 0.2) is 53.7 Å². The maximum absolute atomic E-state index is 5.78. The van der Waals surface area contributed by atoms with Gasteiger partial charge in [0.05, 0.1) is 14.2 Å². The maximum Gasteiger partial charge on any atom is 0.212 e. The number of benzene rings is 2. The first-order valence-electron chi connectivity index (χ1n) is 8.06. The third-order valence-corrected chi connectivity index (χ3v) is 5.07. The van der Waals surface area contributed by atoms with Crippen molar-refractivity contribution >= 4 is 11.8 Å². The second-order valence-electron chi connectivity index (χ2n) is 5.57. The van der Waals surface area contributed by atoms with Gasteiger partial charge in [0.15, 0.2) is 5.82 Å². The second-order valence-corrected chi connectivity index (χ2v) is 6.64. The van der Waals surface area contributed by atoms with Crippen molar-refractivity contribution in [3.63, 3.8) is 0 Å². The summed E-state index contributed by atoms with van der Waals surface area (Å²) in [5.74, 6) is 3.02. The molecule has 0 radical (unpaired) electrons. The van der Waals surface area contributed by atoms with Crippen molar-refractivity contribution in [2.75, 3.05) is 19.6 Å². The van der Waals surface area contributed by atoms with Gasteiger partial charge in [-0.25, -0.2) is 4.68 Å². The fraction of sp³-hybridized carbons (Fsp3) is 0.222. The number of nitrogens with one attached hydrogen (secondary N) is 1. The number of rotatable bonds is 6. The van der Waals surface area contributed by atoms with E-state index in [9.17, 15) is 0 Å². The van der Waals surface area contributed by atoms with Gasteiger partial charge in [0.25, 0.3) is 0 Å². The van der Waals surface area contributed by atoms with Crippen molar-refractivity contribution in [3.8, 4) is 17.2 Å².